The van der Waals surface area contributed by atoms with Gasteiger partial charge in [-0.1, -0.05) is 25.9 Å². The van der Waals surface area contributed by atoms with Crippen LogP contribution in [0.3, 0.4) is 0 Å². The van der Waals surface area contributed by atoms with E-state index in [0.29, 0.717) is 12.4 Å². The van der Waals surface area contributed by atoms with Crippen LogP contribution in [-0.4, -0.2) is 11.0 Å². The third kappa shape index (κ3) is 2.89. The lowest BCUT2D eigenvalue weighted by molar-refractivity contribution is 0.412. The molecule has 13 heavy (non-hydrogen) atoms. The molecular formula is C9H15N3O. The third-order valence-electron chi connectivity index (χ3n) is 1.67. The van der Waals surface area contributed by atoms with E-state index in [4.69, 9.17) is 5.73 Å². The summed E-state index contributed by atoms with van der Waals surface area (Å²) in [6.45, 7) is 6.55. The number of aliphatic imine (C=N–C) groups is 1. The predicted molar refractivity (Wildman–Crippen MR) is 51.3 cm³/mol. The van der Waals surface area contributed by atoms with Crippen LogP contribution in [0, 0.1) is 5.41 Å². The van der Waals surface area contributed by atoms with Crippen LogP contribution in [-0.2, 0) is 6.54 Å². The minimum Gasteiger partial charge on any atom is -0.387 e. The highest BCUT2D eigenvalue weighted by Gasteiger charge is 2.14. The maximum atomic E-state index is 5.76. The van der Waals surface area contributed by atoms with Gasteiger partial charge in [0.2, 0.25) is 0 Å². The summed E-state index contributed by atoms with van der Waals surface area (Å²) in [6.07, 6.45) is 1.53. The average molecular weight is 181 g/mol. The van der Waals surface area contributed by atoms with Crippen molar-refractivity contribution in [1.82, 2.24) is 5.16 Å². The molecule has 0 unspecified atom stereocenters. The van der Waals surface area contributed by atoms with Crippen molar-refractivity contribution in [3.63, 3.8) is 0 Å². The number of rotatable bonds is 2. The molecule has 0 saturated heterocycles. The van der Waals surface area contributed by atoms with E-state index in [1.54, 1.807) is 6.07 Å². The Kier molecular flexibility index (Phi) is 2.70. The van der Waals surface area contributed by atoms with Crippen LogP contribution >= 0.6 is 0 Å². The molecule has 0 amide bonds. The summed E-state index contributed by atoms with van der Waals surface area (Å²) in [6, 6.07) is 1.78. The van der Waals surface area contributed by atoms with Gasteiger partial charge in [0.05, 0.1) is 12.4 Å². The van der Waals surface area contributed by atoms with Crippen LogP contribution in [0.15, 0.2) is 21.8 Å². The second-order valence-electron chi connectivity index (χ2n) is 3.94. The molecule has 0 spiro atoms. The fraction of sp³-hybridized carbons (Fsp3) is 0.556. The van der Waals surface area contributed by atoms with Gasteiger partial charge in [-0.05, 0) is 0 Å². The van der Waals surface area contributed by atoms with Gasteiger partial charge < -0.3 is 10.3 Å². The fourth-order valence-corrected chi connectivity index (χ4v) is 0.722. The summed E-state index contributed by atoms with van der Waals surface area (Å²) >= 11 is 0. The Balaban J connectivity index is 2.59. The van der Waals surface area contributed by atoms with E-state index in [9.17, 15) is 0 Å². The van der Waals surface area contributed by atoms with Gasteiger partial charge in [0.25, 0.3) is 0 Å². The van der Waals surface area contributed by atoms with Crippen LogP contribution in [0.2, 0.25) is 0 Å². The number of nitrogens with zero attached hydrogens (tertiary/aromatic N) is 2. The fourth-order valence-electron chi connectivity index (χ4n) is 0.722. The zero-order valence-corrected chi connectivity index (χ0v) is 8.24. The number of aromatic nitrogens is 1. The van der Waals surface area contributed by atoms with Crippen molar-refractivity contribution in [2.45, 2.75) is 27.3 Å². The standard InChI is InChI=1S/C9H15N3O/c1-9(2,3)8(10)11-6-7-4-5-13-12-7/h4-5H,6H2,1-3H3,(H2,10,11). The quantitative estimate of drug-likeness (QED) is 0.556. The number of nitrogens with two attached hydrogens (primary N) is 1. The summed E-state index contributed by atoms with van der Waals surface area (Å²) < 4.78 is 4.67. The molecular weight excluding hydrogens is 166 g/mol. The topological polar surface area (TPSA) is 64.4 Å². The van der Waals surface area contributed by atoms with E-state index in [1.807, 2.05) is 20.8 Å². The predicted octanol–water partition coefficient (Wildman–Crippen LogP) is 1.58. The SMILES string of the molecule is CC(C)(C)C(N)=NCc1ccon1. The molecule has 0 radical (unpaired) electrons. The minimum absolute atomic E-state index is 0.0796. The first-order valence-electron chi connectivity index (χ1n) is 4.20. The molecule has 1 aromatic rings. The van der Waals surface area contributed by atoms with Crippen molar-refractivity contribution in [2.75, 3.05) is 0 Å². The lowest BCUT2D eigenvalue weighted by atomic mass is 9.95. The van der Waals surface area contributed by atoms with Gasteiger partial charge in [-0.3, -0.25) is 4.99 Å². The van der Waals surface area contributed by atoms with E-state index >= 15 is 0 Å². The first-order valence-corrected chi connectivity index (χ1v) is 4.20. The van der Waals surface area contributed by atoms with Crippen molar-refractivity contribution in [2.24, 2.45) is 16.1 Å². The summed E-state index contributed by atoms with van der Waals surface area (Å²) in [5.74, 6) is 0.635. The van der Waals surface area contributed by atoms with E-state index in [0.717, 1.165) is 5.69 Å². The van der Waals surface area contributed by atoms with Gasteiger partial charge in [0, 0.05) is 11.5 Å². The lowest BCUT2D eigenvalue weighted by Crippen LogP contribution is -2.28. The second kappa shape index (κ2) is 3.60. The van der Waals surface area contributed by atoms with Gasteiger partial charge in [-0.25, -0.2) is 0 Å². The second-order valence-corrected chi connectivity index (χ2v) is 3.94. The Morgan fingerprint density at radius 3 is 2.77 bits per heavy atom. The van der Waals surface area contributed by atoms with Gasteiger partial charge in [0.15, 0.2) is 0 Å². The Morgan fingerprint density at radius 2 is 2.31 bits per heavy atom. The molecule has 72 valence electrons. The first kappa shape index (κ1) is 9.77. The third-order valence-corrected chi connectivity index (χ3v) is 1.67. The van der Waals surface area contributed by atoms with Gasteiger partial charge in [-0.15, -0.1) is 0 Å². The van der Waals surface area contributed by atoms with Crippen molar-refractivity contribution < 1.29 is 4.52 Å². The maximum Gasteiger partial charge on any atom is 0.124 e. The molecule has 1 rings (SSSR count). The summed E-state index contributed by atoms with van der Waals surface area (Å²) in [4.78, 5) is 4.21. The summed E-state index contributed by atoms with van der Waals surface area (Å²) in [5.41, 5.74) is 6.48. The molecule has 1 aromatic heterocycles. The molecule has 0 saturated carbocycles. The normalized spacial score (nSPS) is 13.3. The zero-order chi connectivity index (χ0) is 9.90. The van der Waals surface area contributed by atoms with Crippen molar-refractivity contribution >= 4 is 5.84 Å². The molecule has 0 bridgehead atoms. The molecule has 2 N–H and O–H groups in total. The Morgan fingerprint density at radius 1 is 1.62 bits per heavy atom. The Hall–Kier alpha value is -1.32. The summed E-state index contributed by atoms with van der Waals surface area (Å²) in [5, 5.41) is 3.73. The molecule has 0 aliphatic carbocycles. The van der Waals surface area contributed by atoms with E-state index in [-0.39, 0.29) is 5.41 Å². The molecule has 0 fully saturated rings. The smallest absolute Gasteiger partial charge is 0.124 e. The molecule has 0 aromatic carbocycles. The number of hydrogen-bond acceptors (Lipinski definition) is 3. The Bertz CT molecular complexity index is 282. The average Bonchev–Trinajstić information content (AvgIpc) is 2.50. The minimum atomic E-state index is -0.0796. The zero-order valence-electron chi connectivity index (χ0n) is 8.24. The monoisotopic (exact) mass is 181 g/mol. The van der Waals surface area contributed by atoms with Gasteiger partial charge in [-0.2, -0.15) is 0 Å². The Labute approximate surface area is 77.8 Å². The van der Waals surface area contributed by atoms with E-state index < -0.39 is 0 Å². The summed E-state index contributed by atoms with van der Waals surface area (Å²) in [7, 11) is 0. The van der Waals surface area contributed by atoms with Crippen LogP contribution in [0.25, 0.3) is 0 Å². The highest BCUT2D eigenvalue weighted by atomic mass is 16.5. The molecule has 0 aliphatic heterocycles. The van der Waals surface area contributed by atoms with E-state index in [1.165, 1.54) is 6.26 Å². The number of hydrogen-bond donors (Lipinski definition) is 1. The molecule has 4 heteroatoms. The highest BCUT2D eigenvalue weighted by Crippen LogP contribution is 2.13. The largest absolute Gasteiger partial charge is 0.387 e. The van der Waals surface area contributed by atoms with Crippen LogP contribution < -0.4 is 5.73 Å². The van der Waals surface area contributed by atoms with E-state index in [2.05, 4.69) is 14.7 Å². The van der Waals surface area contributed by atoms with Crippen LogP contribution in [0.5, 0.6) is 0 Å². The van der Waals surface area contributed by atoms with Gasteiger partial charge in [0.1, 0.15) is 12.0 Å². The molecule has 4 nitrogen and oxygen atoms in total. The highest BCUT2D eigenvalue weighted by molar-refractivity contribution is 5.85. The first-order chi connectivity index (χ1) is 6.00. The van der Waals surface area contributed by atoms with Crippen molar-refractivity contribution in [1.29, 1.82) is 0 Å². The van der Waals surface area contributed by atoms with Gasteiger partial charge >= 0.3 is 0 Å². The molecule has 0 aliphatic rings. The van der Waals surface area contributed by atoms with Crippen molar-refractivity contribution in [3.8, 4) is 0 Å². The lowest BCUT2D eigenvalue weighted by Gasteiger charge is -2.16. The van der Waals surface area contributed by atoms with Crippen LogP contribution in [0.1, 0.15) is 26.5 Å². The maximum absolute atomic E-state index is 5.76. The number of amidine groups is 1. The van der Waals surface area contributed by atoms with Crippen LogP contribution in [0.4, 0.5) is 0 Å². The molecule has 0 atom stereocenters. The van der Waals surface area contributed by atoms with Crippen molar-refractivity contribution in [3.05, 3.63) is 18.0 Å². The molecule has 1 heterocycles.